The van der Waals surface area contributed by atoms with E-state index in [0.717, 1.165) is 31.2 Å². The van der Waals surface area contributed by atoms with Crippen LogP contribution in [0, 0.1) is 22.7 Å². The number of nitrogens with one attached hydrogen (secondary N) is 1. The van der Waals surface area contributed by atoms with Crippen molar-refractivity contribution in [1.82, 2.24) is 0 Å². The van der Waals surface area contributed by atoms with Gasteiger partial charge in [-0.1, -0.05) is 27.2 Å². The van der Waals surface area contributed by atoms with Crippen LogP contribution >= 0.6 is 11.3 Å². The molecule has 1 unspecified atom stereocenters. The molecule has 1 aliphatic carbocycles. The summed E-state index contributed by atoms with van der Waals surface area (Å²) in [6.45, 7) is 6.86. The minimum absolute atomic E-state index is 0.258. The highest BCUT2D eigenvalue weighted by Gasteiger charge is 2.34. The van der Waals surface area contributed by atoms with Gasteiger partial charge in [0.05, 0.1) is 26.9 Å². The van der Waals surface area contributed by atoms with Crippen molar-refractivity contribution in [2.24, 2.45) is 11.3 Å². The van der Waals surface area contributed by atoms with Gasteiger partial charge in [-0.15, -0.1) is 11.3 Å². The molecule has 0 radical (unpaired) electrons. The summed E-state index contributed by atoms with van der Waals surface area (Å²) in [6.07, 6.45) is 4.02. The number of nitrogens with zero attached hydrogens (tertiary/aromatic N) is 1. The third-order valence-electron chi connectivity index (χ3n) is 6.55. The summed E-state index contributed by atoms with van der Waals surface area (Å²) in [4.78, 5) is 14.3. The van der Waals surface area contributed by atoms with E-state index in [-0.39, 0.29) is 11.3 Å². The molecule has 1 amide bonds. The number of hydrogen-bond acceptors (Lipinski definition) is 6. The number of ether oxygens (including phenoxy) is 3. The molecular weight excluding hydrogens is 412 g/mol. The van der Waals surface area contributed by atoms with Crippen LogP contribution in [0.15, 0.2) is 12.1 Å². The van der Waals surface area contributed by atoms with E-state index >= 15 is 0 Å². The van der Waals surface area contributed by atoms with E-state index in [0.29, 0.717) is 39.3 Å². The highest BCUT2D eigenvalue weighted by molar-refractivity contribution is 7.16. The first-order valence-corrected chi connectivity index (χ1v) is 11.3. The maximum atomic E-state index is 13.0. The van der Waals surface area contributed by atoms with Crippen molar-refractivity contribution in [1.29, 1.82) is 5.26 Å². The normalized spacial score (nSPS) is 15.6. The van der Waals surface area contributed by atoms with E-state index in [1.165, 1.54) is 37.5 Å². The first kappa shape index (κ1) is 23.0. The second-order valence-electron chi connectivity index (χ2n) is 8.47. The SMILES string of the molecule is CCC(C)(C)C1CCc2c(sc(NC(=O)c3cc(OC)c(OC)c(OC)c3)c2C#N)C1. The fourth-order valence-electron chi connectivity index (χ4n) is 4.14. The number of fused-ring (bicyclic) bond motifs is 1. The van der Waals surface area contributed by atoms with Crippen LogP contribution < -0.4 is 19.5 Å². The number of carbonyl (C=O) groups excluding carboxylic acids is 1. The van der Waals surface area contributed by atoms with E-state index in [9.17, 15) is 10.1 Å². The Kier molecular flexibility index (Phi) is 6.80. The third kappa shape index (κ3) is 4.35. The Bertz CT molecular complexity index is 994. The maximum Gasteiger partial charge on any atom is 0.256 e. The van der Waals surface area contributed by atoms with E-state index in [1.807, 2.05) is 0 Å². The second kappa shape index (κ2) is 9.19. The molecule has 0 fully saturated rings. The first-order valence-electron chi connectivity index (χ1n) is 10.5. The van der Waals surface area contributed by atoms with Gasteiger partial charge in [0.2, 0.25) is 5.75 Å². The zero-order valence-corrected chi connectivity index (χ0v) is 19.9. The maximum absolute atomic E-state index is 13.0. The largest absolute Gasteiger partial charge is 0.493 e. The molecule has 1 aromatic heterocycles. The summed E-state index contributed by atoms with van der Waals surface area (Å²) in [5.41, 5.74) is 2.31. The summed E-state index contributed by atoms with van der Waals surface area (Å²) in [6, 6.07) is 5.53. The molecular formula is C24H30N2O4S. The standard InChI is InChI=1S/C24H30N2O4S/c1-7-24(2,3)15-8-9-16-17(13-25)23(31-20(16)12-15)26-22(27)14-10-18(28-4)21(30-6)19(11-14)29-5/h10-11,15H,7-9,12H2,1-6H3,(H,26,27). The molecule has 3 rings (SSSR count). The molecule has 0 saturated carbocycles. The molecule has 1 atom stereocenters. The predicted molar refractivity (Wildman–Crippen MR) is 123 cm³/mol. The molecule has 0 aliphatic heterocycles. The van der Waals surface area contributed by atoms with E-state index < -0.39 is 0 Å². The lowest BCUT2D eigenvalue weighted by Gasteiger charge is -2.36. The zero-order valence-electron chi connectivity index (χ0n) is 19.0. The van der Waals surface area contributed by atoms with Crippen molar-refractivity contribution in [3.8, 4) is 23.3 Å². The molecule has 0 saturated heterocycles. The van der Waals surface area contributed by atoms with Crippen molar-refractivity contribution in [3.63, 3.8) is 0 Å². The van der Waals surface area contributed by atoms with Gasteiger partial charge in [0, 0.05) is 10.4 Å². The van der Waals surface area contributed by atoms with Gasteiger partial charge < -0.3 is 19.5 Å². The van der Waals surface area contributed by atoms with Crippen molar-refractivity contribution in [2.45, 2.75) is 46.5 Å². The Morgan fingerprint density at radius 2 is 1.87 bits per heavy atom. The molecule has 31 heavy (non-hydrogen) atoms. The lowest BCUT2D eigenvalue weighted by Crippen LogP contribution is -2.28. The van der Waals surface area contributed by atoms with E-state index in [2.05, 4.69) is 32.2 Å². The average molecular weight is 443 g/mol. The van der Waals surface area contributed by atoms with Crippen LogP contribution in [-0.2, 0) is 12.8 Å². The van der Waals surface area contributed by atoms with Crippen molar-refractivity contribution >= 4 is 22.2 Å². The Balaban J connectivity index is 1.91. The number of anilines is 1. The predicted octanol–water partition coefficient (Wildman–Crippen LogP) is 5.44. The molecule has 1 N–H and O–H groups in total. The topological polar surface area (TPSA) is 80.6 Å². The van der Waals surface area contributed by atoms with Gasteiger partial charge in [0.1, 0.15) is 11.1 Å². The van der Waals surface area contributed by atoms with Gasteiger partial charge in [-0.3, -0.25) is 4.79 Å². The summed E-state index contributed by atoms with van der Waals surface area (Å²) in [5, 5.41) is 13.4. The Morgan fingerprint density at radius 1 is 1.23 bits per heavy atom. The highest BCUT2D eigenvalue weighted by Crippen LogP contribution is 2.45. The zero-order chi connectivity index (χ0) is 22.8. The van der Waals surface area contributed by atoms with Gasteiger partial charge >= 0.3 is 0 Å². The van der Waals surface area contributed by atoms with Crippen LogP contribution in [0.4, 0.5) is 5.00 Å². The van der Waals surface area contributed by atoms with Gasteiger partial charge in [0.25, 0.3) is 5.91 Å². The summed E-state index contributed by atoms with van der Waals surface area (Å²) >= 11 is 1.53. The number of nitriles is 1. The number of benzene rings is 1. The number of hydrogen-bond donors (Lipinski definition) is 1. The van der Waals surface area contributed by atoms with Crippen molar-refractivity contribution in [3.05, 3.63) is 33.7 Å². The summed E-state index contributed by atoms with van der Waals surface area (Å²) in [7, 11) is 4.53. The molecule has 1 heterocycles. The smallest absolute Gasteiger partial charge is 0.256 e. The lowest BCUT2D eigenvalue weighted by atomic mass is 9.69. The number of carbonyl (C=O) groups is 1. The van der Waals surface area contributed by atoms with Gasteiger partial charge in [-0.05, 0) is 48.3 Å². The number of thiophene rings is 1. The quantitative estimate of drug-likeness (QED) is 0.618. The minimum Gasteiger partial charge on any atom is -0.493 e. The molecule has 1 aliphatic rings. The second-order valence-corrected chi connectivity index (χ2v) is 9.57. The summed E-state index contributed by atoms with van der Waals surface area (Å²) < 4.78 is 16.0. The minimum atomic E-state index is -0.320. The average Bonchev–Trinajstić information content (AvgIpc) is 3.13. The van der Waals surface area contributed by atoms with Gasteiger partial charge in [0.15, 0.2) is 11.5 Å². The fourth-order valence-corrected chi connectivity index (χ4v) is 5.41. The van der Waals surface area contributed by atoms with Crippen LogP contribution in [0.25, 0.3) is 0 Å². The monoisotopic (exact) mass is 442 g/mol. The Labute approximate surface area is 188 Å². The molecule has 0 spiro atoms. The van der Waals surface area contributed by atoms with Crippen molar-refractivity contribution < 1.29 is 19.0 Å². The Morgan fingerprint density at radius 3 is 2.39 bits per heavy atom. The lowest BCUT2D eigenvalue weighted by molar-refractivity contribution is 0.102. The number of rotatable bonds is 7. The van der Waals surface area contributed by atoms with Gasteiger partial charge in [-0.2, -0.15) is 5.26 Å². The van der Waals surface area contributed by atoms with E-state index in [4.69, 9.17) is 14.2 Å². The van der Waals surface area contributed by atoms with Gasteiger partial charge in [-0.25, -0.2) is 0 Å². The van der Waals surface area contributed by atoms with Crippen LogP contribution in [0.1, 0.15) is 60.0 Å². The van der Waals surface area contributed by atoms with Crippen LogP contribution in [0.2, 0.25) is 0 Å². The number of methoxy groups -OCH3 is 3. The fraction of sp³-hybridized carbons (Fsp3) is 0.500. The molecule has 166 valence electrons. The van der Waals surface area contributed by atoms with E-state index in [1.54, 1.807) is 12.1 Å². The molecule has 2 aromatic rings. The Hall–Kier alpha value is -2.72. The molecule has 1 aromatic carbocycles. The summed E-state index contributed by atoms with van der Waals surface area (Å²) in [5.74, 6) is 1.49. The molecule has 0 bridgehead atoms. The van der Waals surface area contributed by atoms with Crippen LogP contribution in [0.5, 0.6) is 17.2 Å². The molecule has 6 nitrogen and oxygen atoms in total. The third-order valence-corrected chi connectivity index (χ3v) is 7.72. The van der Waals surface area contributed by atoms with Crippen LogP contribution in [0.3, 0.4) is 0 Å². The van der Waals surface area contributed by atoms with Crippen LogP contribution in [-0.4, -0.2) is 27.2 Å². The molecule has 7 heteroatoms. The number of amides is 1. The first-order chi connectivity index (χ1) is 14.8. The highest BCUT2D eigenvalue weighted by atomic mass is 32.1. The van der Waals surface area contributed by atoms with Crippen molar-refractivity contribution in [2.75, 3.05) is 26.6 Å².